The van der Waals surface area contributed by atoms with E-state index in [9.17, 15) is 9.59 Å². The van der Waals surface area contributed by atoms with Crippen LogP contribution in [0.1, 0.15) is 41.7 Å². The highest BCUT2D eigenvalue weighted by Crippen LogP contribution is 2.26. The van der Waals surface area contributed by atoms with Crippen molar-refractivity contribution in [2.24, 2.45) is 5.92 Å². The van der Waals surface area contributed by atoms with Gasteiger partial charge in [-0.2, -0.15) is 0 Å². The zero-order valence-electron chi connectivity index (χ0n) is 9.98. The summed E-state index contributed by atoms with van der Waals surface area (Å²) in [5.74, 6) is -0.620. The van der Waals surface area contributed by atoms with Crippen LogP contribution >= 0.6 is 0 Å². The number of carboxylic acids is 1. The van der Waals surface area contributed by atoms with Gasteiger partial charge >= 0.3 is 5.97 Å². The first-order chi connectivity index (χ1) is 8.09. The van der Waals surface area contributed by atoms with Crippen molar-refractivity contribution >= 4 is 5.97 Å². The van der Waals surface area contributed by atoms with Gasteiger partial charge in [0.2, 0.25) is 0 Å². The molecule has 0 atom stereocenters. The highest BCUT2D eigenvalue weighted by molar-refractivity contribution is 5.87. The highest BCUT2D eigenvalue weighted by atomic mass is 16.4. The first kappa shape index (κ1) is 11.9. The van der Waals surface area contributed by atoms with E-state index < -0.39 is 5.97 Å². The molecule has 1 saturated carbocycles. The van der Waals surface area contributed by atoms with E-state index in [0.29, 0.717) is 12.5 Å². The van der Waals surface area contributed by atoms with Gasteiger partial charge in [-0.05, 0) is 37.8 Å². The van der Waals surface area contributed by atoms with Crippen LogP contribution in [0.4, 0.5) is 0 Å². The van der Waals surface area contributed by atoms with Crippen LogP contribution in [-0.4, -0.2) is 15.6 Å². The summed E-state index contributed by atoms with van der Waals surface area (Å²) in [6.07, 6.45) is 4.72. The van der Waals surface area contributed by atoms with Crippen molar-refractivity contribution in [3.63, 3.8) is 0 Å². The van der Waals surface area contributed by atoms with Gasteiger partial charge in [-0.25, -0.2) is 4.79 Å². The average molecular weight is 235 g/mol. The van der Waals surface area contributed by atoms with Gasteiger partial charge in [0.15, 0.2) is 0 Å². The lowest BCUT2D eigenvalue weighted by molar-refractivity contribution is 0.0694. The van der Waals surface area contributed by atoms with Crippen molar-refractivity contribution in [3.8, 4) is 0 Å². The molecule has 4 nitrogen and oxygen atoms in total. The molecule has 1 aromatic rings. The Hall–Kier alpha value is -1.58. The fraction of sp³-hybridized carbons (Fsp3) is 0.538. The summed E-state index contributed by atoms with van der Waals surface area (Å²) < 4.78 is 1.61. The van der Waals surface area contributed by atoms with E-state index in [1.807, 2.05) is 6.92 Å². The number of nitrogens with zero attached hydrogens (tertiary/aromatic N) is 1. The van der Waals surface area contributed by atoms with Crippen LogP contribution in [0.5, 0.6) is 0 Å². The number of carboxylic acid groups (broad SMARTS) is 1. The predicted molar refractivity (Wildman–Crippen MR) is 64.4 cm³/mol. The monoisotopic (exact) mass is 235 g/mol. The number of aromatic nitrogens is 1. The minimum absolute atomic E-state index is 0.131. The second kappa shape index (κ2) is 4.73. The SMILES string of the molecule is Cc1ccc(C(=O)O)c(=O)n1CC1CCCC1. The number of carbonyl (C=O) groups is 1. The molecule has 1 N–H and O–H groups in total. The Balaban J connectivity index is 2.34. The smallest absolute Gasteiger partial charge is 0.341 e. The molecule has 0 radical (unpaired) electrons. The minimum atomic E-state index is -1.14. The zero-order chi connectivity index (χ0) is 12.4. The first-order valence-corrected chi connectivity index (χ1v) is 6.03. The number of rotatable bonds is 3. The maximum absolute atomic E-state index is 12.0. The largest absolute Gasteiger partial charge is 0.477 e. The topological polar surface area (TPSA) is 59.3 Å². The summed E-state index contributed by atoms with van der Waals surface area (Å²) in [5, 5.41) is 8.93. The van der Waals surface area contributed by atoms with Crippen LogP contribution in [0.3, 0.4) is 0 Å². The second-order valence-electron chi connectivity index (χ2n) is 4.76. The standard InChI is InChI=1S/C13H17NO3/c1-9-6-7-11(13(16)17)12(15)14(9)8-10-4-2-3-5-10/h6-7,10H,2-5,8H2,1H3,(H,16,17). The molecule has 92 valence electrons. The van der Waals surface area contributed by atoms with Gasteiger partial charge in [0.05, 0.1) is 0 Å². The Morgan fingerprint density at radius 3 is 2.65 bits per heavy atom. The summed E-state index contributed by atoms with van der Waals surface area (Å²) in [4.78, 5) is 22.9. The molecule has 0 aromatic carbocycles. The lowest BCUT2D eigenvalue weighted by Crippen LogP contribution is -2.29. The molecule has 2 rings (SSSR count). The van der Waals surface area contributed by atoms with E-state index in [-0.39, 0.29) is 11.1 Å². The van der Waals surface area contributed by atoms with Gasteiger partial charge in [0.1, 0.15) is 5.56 Å². The average Bonchev–Trinajstić information content (AvgIpc) is 2.76. The quantitative estimate of drug-likeness (QED) is 0.872. The molecule has 4 heteroatoms. The fourth-order valence-corrected chi connectivity index (χ4v) is 2.51. The number of hydrogen-bond donors (Lipinski definition) is 1. The van der Waals surface area contributed by atoms with E-state index in [1.165, 1.54) is 18.9 Å². The highest BCUT2D eigenvalue weighted by Gasteiger charge is 2.19. The van der Waals surface area contributed by atoms with Crippen LogP contribution in [0.2, 0.25) is 0 Å². The van der Waals surface area contributed by atoms with E-state index in [4.69, 9.17) is 5.11 Å². The maximum Gasteiger partial charge on any atom is 0.341 e. The summed E-state index contributed by atoms with van der Waals surface area (Å²) in [5.41, 5.74) is 0.338. The molecule has 0 saturated heterocycles. The van der Waals surface area contributed by atoms with Crippen molar-refractivity contribution in [3.05, 3.63) is 33.7 Å². The van der Waals surface area contributed by atoms with Gasteiger partial charge < -0.3 is 9.67 Å². The molecular weight excluding hydrogens is 218 g/mol. The number of pyridine rings is 1. The molecule has 1 fully saturated rings. The van der Waals surface area contributed by atoms with Crippen LogP contribution < -0.4 is 5.56 Å². The van der Waals surface area contributed by atoms with Crippen molar-refractivity contribution in [1.82, 2.24) is 4.57 Å². The normalized spacial score (nSPS) is 16.3. The Labute approximate surface area is 99.9 Å². The molecule has 1 heterocycles. The molecule has 0 aliphatic heterocycles. The van der Waals surface area contributed by atoms with Gasteiger partial charge in [-0.15, -0.1) is 0 Å². The molecule has 0 amide bonds. The van der Waals surface area contributed by atoms with Crippen molar-refractivity contribution < 1.29 is 9.90 Å². The van der Waals surface area contributed by atoms with E-state index >= 15 is 0 Å². The molecule has 17 heavy (non-hydrogen) atoms. The fourth-order valence-electron chi connectivity index (χ4n) is 2.51. The Morgan fingerprint density at radius 2 is 2.06 bits per heavy atom. The third-order valence-corrected chi connectivity index (χ3v) is 3.54. The molecule has 1 aromatic heterocycles. The first-order valence-electron chi connectivity index (χ1n) is 6.03. The van der Waals surface area contributed by atoms with E-state index in [2.05, 4.69) is 0 Å². The molecular formula is C13H17NO3. The van der Waals surface area contributed by atoms with Gasteiger partial charge in [-0.3, -0.25) is 4.79 Å². The summed E-state index contributed by atoms with van der Waals surface area (Å²) in [6, 6.07) is 3.10. The molecule has 1 aliphatic rings. The zero-order valence-corrected chi connectivity index (χ0v) is 9.98. The number of aromatic carboxylic acids is 1. The van der Waals surface area contributed by atoms with Crippen molar-refractivity contribution in [1.29, 1.82) is 0 Å². The van der Waals surface area contributed by atoms with Crippen LogP contribution in [0.25, 0.3) is 0 Å². The predicted octanol–water partition coefficient (Wildman–Crippen LogP) is 2.05. The Bertz CT molecular complexity index is 484. The van der Waals surface area contributed by atoms with E-state index in [0.717, 1.165) is 18.5 Å². The third kappa shape index (κ3) is 2.40. The van der Waals surface area contributed by atoms with Crippen LogP contribution in [0.15, 0.2) is 16.9 Å². The van der Waals surface area contributed by atoms with Crippen molar-refractivity contribution in [2.75, 3.05) is 0 Å². The van der Waals surface area contributed by atoms with Crippen LogP contribution in [-0.2, 0) is 6.54 Å². The number of aryl methyl sites for hydroxylation is 1. The summed E-state index contributed by atoms with van der Waals surface area (Å²) in [7, 11) is 0. The molecule has 0 unspecified atom stereocenters. The van der Waals surface area contributed by atoms with Crippen molar-refractivity contribution in [2.45, 2.75) is 39.2 Å². The van der Waals surface area contributed by atoms with Gasteiger partial charge in [0.25, 0.3) is 5.56 Å². The Morgan fingerprint density at radius 1 is 1.41 bits per heavy atom. The Kier molecular flexibility index (Phi) is 3.31. The summed E-state index contributed by atoms with van der Waals surface area (Å²) >= 11 is 0. The number of hydrogen-bond acceptors (Lipinski definition) is 2. The summed E-state index contributed by atoms with van der Waals surface area (Å²) in [6.45, 7) is 2.51. The molecule has 1 aliphatic carbocycles. The second-order valence-corrected chi connectivity index (χ2v) is 4.76. The molecule has 0 spiro atoms. The van der Waals surface area contributed by atoms with E-state index in [1.54, 1.807) is 10.6 Å². The third-order valence-electron chi connectivity index (χ3n) is 3.54. The lowest BCUT2D eigenvalue weighted by Gasteiger charge is -2.15. The lowest BCUT2D eigenvalue weighted by atomic mass is 10.1. The van der Waals surface area contributed by atoms with Gasteiger partial charge in [0, 0.05) is 12.2 Å². The minimum Gasteiger partial charge on any atom is -0.477 e. The molecule has 0 bridgehead atoms. The van der Waals surface area contributed by atoms with Gasteiger partial charge in [-0.1, -0.05) is 12.8 Å². The van der Waals surface area contributed by atoms with Crippen LogP contribution in [0, 0.1) is 12.8 Å². The maximum atomic E-state index is 12.0.